The van der Waals surface area contributed by atoms with Crippen molar-refractivity contribution in [2.24, 2.45) is 35.3 Å². The number of aromatic nitrogens is 9. The number of carbonyl (C=O) groups excluding carboxylic acids is 9. The fourth-order valence-electron chi connectivity index (χ4n) is 19.6. The highest BCUT2D eigenvalue weighted by Gasteiger charge is 2.54. The molecule has 15 atom stereocenters. The van der Waals surface area contributed by atoms with Crippen LogP contribution in [-0.4, -0.2) is 312 Å². The number of allylic oxidation sites excluding steroid dienone is 6. The van der Waals surface area contributed by atoms with Gasteiger partial charge in [-0.2, -0.15) is 10.1 Å². The predicted octanol–water partition coefficient (Wildman–Crippen LogP) is 6.49. The number of piperazine rings is 2. The molecule has 2 bridgehead atoms. The second-order valence-corrected chi connectivity index (χ2v) is 38.0. The molecule has 5 amide bonds. The third-order valence-corrected chi connectivity index (χ3v) is 28.0. The van der Waals surface area contributed by atoms with Gasteiger partial charge < -0.3 is 105 Å². The normalized spacial score (nSPS) is 27.0. The number of oxazole rings is 1. The summed E-state index contributed by atoms with van der Waals surface area (Å²) < 4.78 is 49.2. The molecule has 40 nitrogen and oxygen atoms in total. The number of piperidine rings is 1. The topological polar surface area (TPSA) is 522 Å². The lowest BCUT2D eigenvalue weighted by molar-refractivity contribution is -0.265. The number of esters is 1. The molecule has 0 radical (unpaired) electrons. The van der Waals surface area contributed by atoms with Crippen LogP contribution in [0.4, 0.5) is 28.5 Å². The first-order valence-electron chi connectivity index (χ1n) is 48.8. The number of hydrogen-bond donors (Lipinski definition) is 8. The van der Waals surface area contributed by atoms with Gasteiger partial charge in [0.2, 0.25) is 29.5 Å². The number of benzene rings is 2. The number of nitrogens with two attached hydrogens (primary N) is 3. The van der Waals surface area contributed by atoms with Crippen LogP contribution in [0.1, 0.15) is 164 Å². The number of nitrogen functional groups attached to an aromatic ring is 2. The molecular formula is C100H134N20O20. The van der Waals surface area contributed by atoms with E-state index in [1.54, 1.807) is 46.3 Å². The maximum Gasteiger partial charge on any atom is 0.407 e. The molecule has 1 saturated carbocycles. The Morgan fingerprint density at radius 1 is 0.693 bits per heavy atom. The number of nitrogens with zero attached hydrogens (tertiary/aromatic N) is 15. The number of aliphatic hydroxyl groups excluding tert-OH is 2. The van der Waals surface area contributed by atoms with Crippen LogP contribution in [0.2, 0.25) is 0 Å². The summed E-state index contributed by atoms with van der Waals surface area (Å²) in [4.78, 5) is 167. The second-order valence-electron chi connectivity index (χ2n) is 38.0. The molecule has 40 heteroatoms. The standard InChI is InChI=1S/C100H134N20O20/c1-60-14-10-9-11-15-61(2)80(133-7)50-73-22-17-65(6)100(132,140-73)90(127)94(129)119-29-13-12-16-76(119)95(130)137-81(51-77(121)62(3)45-64(5)88(125)89(126)87(124)63(4)44-60)74(101)47-66-19-23-79(82(48-66)134-8)139-99(131)109-54-68-52-105-97(106-53-68)117-37-35-115(36-38-117)83(122)26-41-136-43-39-114-31-33-116(34-32-114)98-107-55-72(56-108-98)93(128)104-28-42-135-40-27-84(123)118-30-25-69-46-67(18-20-71(69)58-118)57-120-92-85(91(102)110-59-111-92)86(113-120)70-21-24-78-75(49-70)112-96(103)138-78/h9-11,14-15,18,20-21,24,45-46,49,52-53,55-56,59-60,62-63,65-66,73-74,76,79-82,88-89,125-126,132H,12-13,16-17,19,22-23,25-44,47-48,50-51,54,57-58,101H2,1-8H3,(H2,103,112)(H,104,128)(H,109,131)(H2,102,110,111)/b11-9+,14-10+,61-15+,64-45+/t60-,62-,63-,65-,66+,73+,74-,76+,79-,80+,81+,82-,88-,89+,100-/m1/s1. The van der Waals surface area contributed by atoms with Crippen molar-refractivity contribution in [3.8, 4) is 11.3 Å². The van der Waals surface area contributed by atoms with Crippen molar-refractivity contribution in [2.45, 2.75) is 218 Å². The first kappa shape index (κ1) is 104. The van der Waals surface area contributed by atoms with E-state index >= 15 is 0 Å². The van der Waals surface area contributed by atoms with Crippen molar-refractivity contribution in [3.05, 3.63) is 143 Å². The number of aliphatic hydroxyl groups is 3. The molecule has 754 valence electrons. The van der Waals surface area contributed by atoms with Crippen molar-refractivity contribution < 1.29 is 96.0 Å². The van der Waals surface area contributed by atoms with Gasteiger partial charge in [0.15, 0.2) is 17.0 Å². The van der Waals surface area contributed by atoms with Gasteiger partial charge in [-0.25, -0.2) is 44.2 Å². The predicted molar refractivity (Wildman–Crippen MR) is 517 cm³/mol. The molecule has 0 unspecified atom stereocenters. The van der Waals surface area contributed by atoms with E-state index < -0.39 is 120 Å². The lowest BCUT2D eigenvalue weighted by atomic mass is 9.80. The third kappa shape index (κ3) is 26.4. The van der Waals surface area contributed by atoms with Crippen molar-refractivity contribution in [1.82, 2.24) is 74.9 Å². The Morgan fingerprint density at radius 2 is 1.41 bits per heavy atom. The summed E-state index contributed by atoms with van der Waals surface area (Å²) >= 11 is 0. The highest BCUT2D eigenvalue weighted by molar-refractivity contribution is 6.39. The Hall–Kier alpha value is -12.0. The first-order chi connectivity index (χ1) is 67.4. The van der Waals surface area contributed by atoms with Gasteiger partial charge in [-0.05, 0) is 142 Å². The van der Waals surface area contributed by atoms with E-state index in [-0.39, 0.29) is 113 Å². The molecule has 6 aliphatic heterocycles. The minimum atomic E-state index is -2.52. The fraction of sp³-hybridized carbons (Fsp3) is 0.570. The Bertz CT molecular complexity index is 5620. The zero-order valence-electron chi connectivity index (χ0n) is 81.2. The Labute approximate surface area is 813 Å². The van der Waals surface area contributed by atoms with E-state index in [1.165, 1.54) is 38.8 Å². The van der Waals surface area contributed by atoms with Crippen LogP contribution in [-0.2, 0) is 92.8 Å². The van der Waals surface area contributed by atoms with Crippen molar-refractivity contribution in [2.75, 3.05) is 140 Å². The van der Waals surface area contributed by atoms with Crippen molar-refractivity contribution in [3.63, 3.8) is 0 Å². The smallest absolute Gasteiger partial charge is 0.407 e. The number of cyclic esters (lactones) is 1. The van der Waals surface area contributed by atoms with E-state index in [2.05, 4.69) is 67.5 Å². The van der Waals surface area contributed by atoms with Gasteiger partial charge in [0, 0.05) is 178 Å². The zero-order chi connectivity index (χ0) is 99.4. The van der Waals surface area contributed by atoms with Crippen molar-refractivity contribution >= 4 is 98.9 Å². The number of anilines is 4. The number of alkyl carbamates (subject to hydrolysis) is 1. The Morgan fingerprint density at radius 3 is 2.15 bits per heavy atom. The molecule has 5 fully saturated rings. The van der Waals surface area contributed by atoms with Gasteiger partial charge in [0.05, 0.1) is 75.1 Å². The largest absolute Gasteiger partial charge is 0.459 e. The fourth-order valence-corrected chi connectivity index (χ4v) is 19.6. The number of ketones is 3. The van der Waals surface area contributed by atoms with Crippen LogP contribution in [0, 0.1) is 29.6 Å². The molecular weight excluding hydrogens is 1800 g/mol. The lowest BCUT2D eigenvalue weighted by Crippen LogP contribution is -2.61. The molecule has 2 aromatic carbocycles. The summed E-state index contributed by atoms with van der Waals surface area (Å²) in [6.07, 6.45) is 15.3. The quantitative estimate of drug-likeness (QED) is 0.0124. The molecule has 1 aliphatic carbocycles. The maximum absolute atomic E-state index is 14.7. The van der Waals surface area contributed by atoms with Crippen LogP contribution in [0.5, 0.6) is 0 Å². The van der Waals surface area contributed by atoms with Crippen LogP contribution < -0.4 is 37.6 Å². The van der Waals surface area contributed by atoms with Crippen LogP contribution >= 0.6 is 0 Å². The van der Waals surface area contributed by atoms with Gasteiger partial charge in [0.1, 0.15) is 59.6 Å². The number of nitrogens with one attached hydrogen (secondary N) is 2. The molecule has 7 aromatic rings. The number of amides is 5. The Kier molecular flexibility index (Phi) is 35.9. The van der Waals surface area contributed by atoms with E-state index in [9.17, 15) is 58.5 Å². The average molecular weight is 1940 g/mol. The van der Waals surface area contributed by atoms with Gasteiger partial charge >= 0.3 is 12.1 Å². The molecule has 5 aromatic heterocycles. The average Bonchev–Trinajstić information content (AvgIpc) is 1.68. The summed E-state index contributed by atoms with van der Waals surface area (Å²) in [6, 6.07) is 9.55. The number of Topliss-reactive ketones (excluding diaryl/α,β-unsaturated/α-hetero) is 3. The van der Waals surface area contributed by atoms with E-state index in [4.69, 9.17) is 59.9 Å². The highest BCUT2D eigenvalue weighted by atomic mass is 16.6. The third-order valence-electron chi connectivity index (χ3n) is 28.0. The maximum atomic E-state index is 14.7. The lowest BCUT2D eigenvalue weighted by Gasteiger charge is -2.42. The number of fused-ring (bicyclic) bond motifs is 6. The summed E-state index contributed by atoms with van der Waals surface area (Å²) in [6.45, 7) is 18.7. The highest BCUT2D eigenvalue weighted by Crippen LogP contribution is 2.40. The number of carbonyl (C=O) groups is 9. The van der Waals surface area contributed by atoms with Gasteiger partial charge in [-0.15, -0.1) is 0 Å². The Balaban J connectivity index is 0.466. The molecule has 140 heavy (non-hydrogen) atoms. The molecule has 4 saturated heterocycles. The van der Waals surface area contributed by atoms with Crippen LogP contribution in [0.25, 0.3) is 33.4 Å². The summed E-state index contributed by atoms with van der Waals surface area (Å²) in [5.41, 5.74) is 27.6. The SMILES string of the molecule is CO[C@H]1C[C@@H]2CC[C@@H](C)[C@@](O)(O2)C(=O)C(=O)N2CCCC[C@H]2C(=O)O[C@H]([C@H](N)C[C@@H]2CC[C@@H](OC(=O)NCc3cnc(N4CCN(C(=O)CCOCCN5CCN(c6ncc(C(=O)NCCOCCC(=O)N7CCc8cc(Cn9nc(-c%10ccc%11oc(N)nc%11c%10)c%10c(N)ncnc%109)ccc8C7)cn6)CC5)CC4)nc3)[C@H](OC)C2)CC(=O)[C@H](C)/C=C(\C)[C@@H](O)[C@@H](O)C(=O)[C@H](C)C[C@H](C)/C=C/C=C/C=C/1C. The monoisotopic (exact) mass is 1940 g/mol. The zero-order valence-corrected chi connectivity index (χ0v) is 81.2. The van der Waals surface area contributed by atoms with E-state index in [0.29, 0.717) is 187 Å². The molecule has 11 heterocycles. The van der Waals surface area contributed by atoms with E-state index in [1.807, 2.05) is 81.8 Å². The van der Waals surface area contributed by atoms with Crippen LogP contribution in [0.15, 0.2) is 120 Å². The van der Waals surface area contributed by atoms with Gasteiger partial charge in [-0.1, -0.05) is 82.4 Å². The summed E-state index contributed by atoms with van der Waals surface area (Å²) in [5, 5.41) is 45.9. The van der Waals surface area contributed by atoms with Crippen LogP contribution in [0.3, 0.4) is 0 Å². The molecule has 7 aliphatic rings. The number of methoxy groups -OCH3 is 2. The van der Waals surface area contributed by atoms with Crippen molar-refractivity contribution in [1.29, 1.82) is 0 Å². The number of ether oxygens (including phenoxy) is 7. The minimum Gasteiger partial charge on any atom is -0.459 e. The van der Waals surface area contributed by atoms with Gasteiger partial charge in [0.25, 0.3) is 23.6 Å². The number of hydrogen-bond acceptors (Lipinski definition) is 34. The summed E-state index contributed by atoms with van der Waals surface area (Å²) in [5.74, 6) is -8.45. The minimum absolute atomic E-state index is 0.00508. The number of rotatable bonds is 26. The second kappa shape index (κ2) is 48.5. The summed E-state index contributed by atoms with van der Waals surface area (Å²) in [7, 11) is 3.06. The first-order valence-corrected chi connectivity index (χ1v) is 48.8. The van der Waals surface area contributed by atoms with Gasteiger partial charge in [-0.3, -0.25) is 38.5 Å². The molecule has 14 rings (SSSR count). The van der Waals surface area contributed by atoms with E-state index in [0.717, 1.165) is 45.8 Å². The molecule has 11 N–H and O–H groups in total. The molecule has 0 spiro atoms.